The van der Waals surface area contributed by atoms with Crippen molar-refractivity contribution in [3.05, 3.63) is 88.6 Å². The third kappa shape index (κ3) is 3.64. The lowest BCUT2D eigenvalue weighted by Crippen LogP contribution is -2.33. The third-order valence-corrected chi connectivity index (χ3v) is 5.95. The topological polar surface area (TPSA) is 109 Å². The number of amides is 1. The first-order valence-electron chi connectivity index (χ1n) is 11.3. The Morgan fingerprint density at radius 1 is 1.08 bits per heavy atom. The summed E-state index contributed by atoms with van der Waals surface area (Å²) in [5.74, 6) is 0.610. The standard InChI is InChI=1S/C26H21N5O5/c1-34-15-19-23(16-5-3-2-4-6-16)24-27-14-18-20(31(24)28-19)9-10-30(26(18)33)29-25(32)17-7-8-21-22(13-17)36-12-11-35-21/h2-10,13-14H,11-12,15H2,1H3,(H,29,32). The Balaban J connectivity index is 1.40. The fraction of sp³-hybridized carbons (Fsp3) is 0.154. The fourth-order valence-corrected chi connectivity index (χ4v) is 4.30. The van der Waals surface area contributed by atoms with E-state index in [4.69, 9.17) is 19.3 Å². The van der Waals surface area contributed by atoms with Crippen LogP contribution < -0.4 is 20.5 Å². The first-order chi connectivity index (χ1) is 17.6. The third-order valence-electron chi connectivity index (χ3n) is 5.95. The molecule has 5 aromatic rings. The molecule has 4 heterocycles. The number of hydrogen-bond acceptors (Lipinski definition) is 7. The van der Waals surface area contributed by atoms with Gasteiger partial charge in [-0.05, 0) is 29.8 Å². The SMILES string of the molecule is COCc1nn2c(ncc3c(=O)n(NC(=O)c4ccc5c(c4)OCCO5)ccc32)c1-c1ccccc1. The lowest BCUT2D eigenvalue weighted by atomic mass is 10.1. The van der Waals surface area contributed by atoms with Crippen LogP contribution >= 0.6 is 0 Å². The Labute approximate surface area is 204 Å². The predicted molar refractivity (Wildman–Crippen MR) is 132 cm³/mol. The number of carbonyl (C=O) groups is 1. The number of rotatable bonds is 5. The highest BCUT2D eigenvalue weighted by Crippen LogP contribution is 2.31. The van der Waals surface area contributed by atoms with Gasteiger partial charge in [-0.15, -0.1) is 0 Å². The van der Waals surface area contributed by atoms with E-state index < -0.39 is 11.5 Å². The Kier molecular flexibility index (Phi) is 5.34. The van der Waals surface area contributed by atoms with E-state index in [1.165, 1.54) is 12.4 Å². The van der Waals surface area contributed by atoms with Crippen molar-refractivity contribution in [3.8, 4) is 22.6 Å². The van der Waals surface area contributed by atoms with Crippen molar-refractivity contribution >= 4 is 22.5 Å². The maximum Gasteiger partial charge on any atom is 0.280 e. The van der Waals surface area contributed by atoms with E-state index in [1.807, 2.05) is 30.3 Å². The largest absolute Gasteiger partial charge is 0.486 e. The van der Waals surface area contributed by atoms with E-state index in [2.05, 4.69) is 10.4 Å². The van der Waals surface area contributed by atoms with Crippen molar-refractivity contribution in [2.24, 2.45) is 0 Å². The zero-order valence-corrected chi connectivity index (χ0v) is 19.3. The van der Waals surface area contributed by atoms with Crippen LogP contribution in [-0.2, 0) is 11.3 Å². The first-order valence-corrected chi connectivity index (χ1v) is 11.3. The Bertz CT molecular complexity index is 1680. The van der Waals surface area contributed by atoms with Gasteiger partial charge < -0.3 is 14.2 Å². The van der Waals surface area contributed by atoms with E-state index in [1.54, 1.807) is 35.9 Å². The molecule has 1 amide bonds. The molecule has 10 heteroatoms. The number of nitrogens with zero attached hydrogens (tertiary/aromatic N) is 4. The molecule has 0 fully saturated rings. The minimum atomic E-state index is -0.463. The molecule has 0 radical (unpaired) electrons. The van der Waals surface area contributed by atoms with E-state index in [0.717, 1.165) is 15.8 Å². The van der Waals surface area contributed by atoms with E-state index >= 15 is 0 Å². The predicted octanol–water partition coefficient (Wildman–Crippen LogP) is 3.01. The molecule has 10 nitrogen and oxygen atoms in total. The summed E-state index contributed by atoms with van der Waals surface area (Å²) in [5, 5.41) is 5.00. The molecule has 1 aliphatic heterocycles. The van der Waals surface area contributed by atoms with Crippen LogP contribution in [0, 0.1) is 0 Å². The van der Waals surface area contributed by atoms with Gasteiger partial charge in [0.25, 0.3) is 11.5 Å². The summed E-state index contributed by atoms with van der Waals surface area (Å²) in [6.45, 7) is 1.16. The molecule has 0 atom stereocenters. The quantitative estimate of drug-likeness (QED) is 0.409. The molecule has 0 aliphatic carbocycles. The van der Waals surface area contributed by atoms with Crippen LogP contribution in [0.2, 0.25) is 0 Å². The maximum absolute atomic E-state index is 13.3. The van der Waals surface area contributed by atoms with Crippen molar-refractivity contribution in [2.45, 2.75) is 6.61 Å². The minimum Gasteiger partial charge on any atom is -0.486 e. The highest BCUT2D eigenvalue weighted by Gasteiger charge is 2.20. The smallest absolute Gasteiger partial charge is 0.280 e. The van der Waals surface area contributed by atoms with Gasteiger partial charge in [0.15, 0.2) is 17.1 Å². The number of fused-ring (bicyclic) bond motifs is 4. The number of aromatic nitrogens is 4. The molecular formula is C26H21N5O5. The average Bonchev–Trinajstić information content (AvgIpc) is 3.29. The monoisotopic (exact) mass is 483 g/mol. The zero-order valence-electron chi connectivity index (χ0n) is 19.3. The summed E-state index contributed by atoms with van der Waals surface area (Å²) in [4.78, 5) is 30.7. The molecule has 0 unspecified atom stereocenters. The second-order valence-corrected chi connectivity index (χ2v) is 8.20. The number of pyridine rings is 1. The second kappa shape index (κ2) is 8.82. The van der Waals surface area contributed by atoms with Gasteiger partial charge in [0.1, 0.15) is 13.2 Å². The van der Waals surface area contributed by atoms with E-state index in [0.29, 0.717) is 52.5 Å². The van der Waals surface area contributed by atoms with E-state index in [9.17, 15) is 9.59 Å². The Morgan fingerprint density at radius 2 is 1.89 bits per heavy atom. The number of carbonyl (C=O) groups excluding carboxylic acids is 1. The summed E-state index contributed by atoms with van der Waals surface area (Å²) in [6.07, 6.45) is 3.00. The van der Waals surface area contributed by atoms with Gasteiger partial charge in [-0.25, -0.2) is 14.2 Å². The Hall–Kier alpha value is -4.70. The molecule has 1 N–H and O–H groups in total. The molecular weight excluding hydrogens is 462 g/mol. The summed E-state index contributed by atoms with van der Waals surface area (Å²) in [6, 6.07) is 16.4. The second-order valence-electron chi connectivity index (χ2n) is 8.20. The number of benzene rings is 2. The van der Waals surface area contributed by atoms with E-state index in [-0.39, 0.29) is 6.61 Å². The van der Waals surface area contributed by atoms with Crippen molar-refractivity contribution < 1.29 is 19.0 Å². The molecule has 0 saturated carbocycles. The molecule has 0 bridgehead atoms. The molecule has 180 valence electrons. The summed E-state index contributed by atoms with van der Waals surface area (Å²) in [7, 11) is 1.60. The fourth-order valence-electron chi connectivity index (χ4n) is 4.30. The molecule has 0 saturated heterocycles. The van der Waals surface area contributed by atoms with Crippen LogP contribution in [0.25, 0.3) is 27.7 Å². The minimum absolute atomic E-state index is 0.289. The van der Waals surface area contributed by atoms with Crippen molar-refractivity contribution in [2.75, 3.05) is 25.7 Å². The van der Waals surface area contributed by atoms with Crippen LogP contribution in [0.15, 0.2) is 71.8 Å². The maximum atomic E-state index is 13.3. The molecule has 3 aromatic heterocycles. The highest BCUT2D eigenvalue weighted by atomic mass is 16.6. The first kappa shape index (κ1) is 21.8. The molecule has 1 aliphatic rings. The lowest BCUT2D eigenvalue weighted by molar-refractivity contribution is 0.101. The number of hydrogen-bond donors (Lipinski definition) is 1. The van der Waals surface area contributed by atoms with Crippen molar-refractivity contribution in [3.63, 3.8) is 0 Å². The van der Waals surface area contributed by atoms with Gasteiger partial charge in [-0.1, -0.05) is 30.3 Å². The normalized spacial score (nSPS) is 12.7. The summed E-state index contributed by atoms with van der Waals surface area (Å²) < 4.78 is 19.2. The number of ether oxygens (including phenoxy) is 3. The van der Waals surface area contributed by atoms with Crippen LogP contribution in [0.5, 0.6) is 11.5 Å². The van der Waals surface area contributed by atoms with Gasteiger partial charge in [-0.2, -0.15) is 5.10 Å². The highest BCUT2D eigenvalue weighted by molar-refractivity contribution is 6.00. The number of nitrogens with one attached hydrogen (secondary N) is 1. The molecule has 2 aromatic carbocycles. The molecule has 6 rings (SSSR count). The summed E-state index contributed by atoms with van der Waals surface area (Å²) in [5.41, 5.74) is 6.21. The average molecular weight is 483 g/mol. The van der Waals surface area contributed by atoms with Gasteiger partial charge >= 0.3 is 0 Å². The number of methoxy groups -OCH3 is 1. The van der Waals surface area contributed by atoms with Gasteiger partial charge in [0, 0.05) is 25.1 Å². The van der Waals surface area contributed by atoms with Crippen molar-refractivity contribution in [1.82, 2.24) is 19.3 Å². The zero-order chi connectivity index (χ0) is 24.6. The van der Waals surface area contributed by atoms with Crippen LogP contribution in [0.1, 0.15) is 16.1 Å². The van der Waals surface area contributed by atoms with Crippen molar-refractivity contribution in [1.29, 1.82) is 0 Å². The lowest BCUT2D eigenvalue weighted by Gasteiger charge is -2.18. The Morgan fingerprint density at radius 3 is 2.69 bits per heavy atom. The summed E-state index contributed by atoms with van der Waals surface area (Å²) >= 11 is 0. The van der Waals surface area contributed by atoms with Crippen LogP contribution in [0.4, 0.5) is 0 Å². The molecule has 0 spiro atoms. The van der Waals surface area contributed by atoms with Gasteiger partial charge in [0.2, 0.25) is 0 Å². The molecule has 36 heavy (non-hydrogen) atoms. The van der Waals surface area contributed by atoms with Gasteiger partial charge in [0.05, 0.1) is 28.8 Å². The van der Waals surface area contributed by atoms with Gasteiger partial charge in [-0.3, -0.25) is 15.0 Å². The van der Waals surface area contributed by atoms with Crippen LogP contribution in [-0.4, -0.2) is 45.5 Å². The van der Waals surface area contributed by atoms with Crippen LogP contribution in [0.3, 0.4) is 0 Å².